The molecule has 0 bridgehead atoms. The van der Waals surface area contributed by atoms with Gasteiger partial charge in [-0.15, -0.1) is 0 Å². The van der Waals surface area contributed by atoms with Crippen LogP contribution in [0, 0.1) is 10.1 Å². The molecule has 0 saturated carbocycles. The topological polar surface area (TPSA) is 108 Å². The summed E-state index contributed by atoms with van der Waals surface area (Å²) < 4.78 is 0. The summed E-state index contributed by atoms with van der Waals surface area (Å²) in [5.74, 6) is -0.119. The van der Waals surface area contributed by atoms with E-state index in [4.69, 9.17) is 10.9 Å². The third kappa shape index (κ3) is 3.22. The van der Waals surface area contributed by atoms with E-state index in [1.807, 2.05) is 0 Å². The highest BCUT2D eigenvalue weighted by Gasteiger charge is 2.21. The van der Waals surface area contributed by atoms with Crippen molar-refractivity contribution in [2.75, 3.05) is 37.6 Å². The number of rotatable bonds is 4. The second-order valence-corrected chi connectivity index (χ2v) is 4.87. The summed E-state index contributed by atoms with van der Waals surface area (Å²) in [6, 6.07) is 4.44. The molecule has 8 heteroatoms. The number of nitro groups is 1. The average molecular weight is 293 g/mol. The third-order valence-electron chi connectivity index (χ3n) is 3.73. The van der Waals surface area contributed by atoms with E-state index in [1.165, 1.54) is 12.1 Å². The number of anilines is 1. The Morgan fingerprint density at radius 1 is 1.43 bits per heavy atom. The van der Waals surface area contributed by atoms with Crippen LogP contribution in [0.3, 0.4) is 0 Å². The third-order valence-corrected chi connectivity index (χ3v) is 3.73. The SMILES string of the molecule is CCN1CCN(c2ccc([N+](=O)[O-])cc2C(N)=NO)CC1. The molecule has 0 radical (unpaired) electrons. The van der Waals surface area contributed by atoms with Gasteiger partial charge in [0, 0.05) is 44.0 Å². The molecular formula is C13H19N5O3. The summed E-state index contributed by atoms with van der Waals surface area (Å²) >= 11 is 0. The summed E-state index contributed by atoms with van der Waals surface area (Å²) in [6.07, 6.45) is 0. The molecule has 0 unspecified atom stereocenters. The van der Waals surface area contributed by atoms with Gasteiger partial charge in [-0.3, -0.25) is 10.1 Å². The molecule has 0 atom stereocenters. The Balaban J connectivity index is 2.32. The number of nitrogens with zero attached hydrogens (tertiary/aromatic N) is 4. The minimum absolute atomic E-state index is 0.0763. The largest absolute Gasteiger partial charge is 0.409 e. The van der Waals surface area contributed by atoms with Gasteiger partial charge in [0.15, 0.2) is 5.84 Å². The van der Waals surface area contributed by atoms with Crippen LogP contribution in [0.25, 0.3) is 0 Å². The van der Waals surface area contributed by atoms with E-state index in [1.54, 1.807) is 6.07 Å². The first-order valence-electron chi connectivity index (χ1n) is 6.80. The first-order chi connectivity index (χ1) is 10.1. The van der Waals surface area contributed by atoms with Crippen molar-refractivity contribution in [1.29, 1.82) is 0 Å². The van der Waals surface area contributed by atoms with Crippen molar-refractivity contribution in [3.05, 3.63) is 33.9 Å². The van der Waals surface area contributed by atoms with Crippen molar-refractivity contribution in [3.63, 3.8) is 0 Å². The van der Waals surface area contributed by atoms with E-state index >= 15 is 0 Å². The van der Waals surface area contributed by atoms with Gasteiger partial charge in [0.1, 0.15) is 0 Å². The van der Waals surface area contributed by atoms with Crippen LogP contribution in [0.5, 0.6) is 0 Å². The number of oxime groups is 1. The van der Waals surface area contributed by atoms with Crippen LogP contribution in [0.1, 0.15) is 12.5 Å². The van der Waals surface area contributed by atoms with Crippen LogP contribution in [0.4, 0.5) is 11.4 Å². The fraction of sp³-hybridized carbons (Fsp3) is 0.462. The van der Waals surface area contributed by atoms with E-state index in [0.717, 1.165) is 38.4 Å². The molecule has 8 nitrogen and oxygen atoms in total. The lowest BCUT2D eigenvalue weighted by atomic mass is 10.1. The van der Waals surface area contributed by atoms with Gasteiger partial charge >= 0.3 is 0 Å². The lowest BCUT2D eigenvalue weighted by Crippen LogP contribution is -2.46. The standard InChI is InChI=1S/C13H19N5O3/c1-2-16-5-7-17(8-6-16)12-4-3-10(18(20)21)9-11(12)13(14)15-19/h3-4,9,19H,2,5-8H2,1H3,(H2,14,15). The van der Waals surface area contributed by atoms with Crippen LogP contribution >= 0.6 is 0 Å². The minimum atomic E-state index is -0.493. The monoisotopic (exact) mass is 293 g/mol. The van der Waals surface area contributed by atoms with E-state index in [2.05, 4.69) is 21.9 Å². The van der Waals surface area contributed by atoms with Crippen LogP contribution in [-0.2, 0) is 0 Å². The molecule has 1 aromatic rings. The number of hydrogen-bond donors (Lipinski definition) is 2. The van der Waals surface area contributed by atoms with Crippen molar-refractivity contribution in [2.45, 2.75) is 6.92 Å². The normalized spacial score (nSPS) is 17.0. The van der Waals surface area contributed by atoms with Gasteiger partial charge in [-0.1, -0.05) is 12.1 Å². The first kappa shape index (κ1) is 15.0. The molecule has 1 fully saturated rings. The molecular weight excluding hydrogens is 274 g/mol. The molecule has 0 aromatic heterocycles. The number of amidine groups is 1. The molecule has 21 heavy (non-hydrogen) atoms. The predicted molar refractivity (Wildman–Crippen MR) is 79.9 cm³/mol. The summed E-state index contributed by atoms with van der Waals surface area (Å²) in [5, 5.41) is 22.7. The van der Waals surface area contributed by atoms with Crippen LogP contribution in [-0.4, -0.2) is 53.6 Å². The lowest BCUT2D eigenvalue weighted by molar-refractivity contribution is -0.384. The van der Waals surface area contributed by atoms with Gasteiger partial charge in [-0.25, -0.2) is 0 Å². The zero-order chi connectivity index (χ0) is 15.4. The number of hydrogen-bond acceptors (Lipinski definition) is 6. The zero-order valence-electron chi connectivity index (χ0n) is 11.9. The molecule has 1 saturated heterocycles. The number of likely N-dealkylation sites (N-methyl/N-ethyl adjacent to an activating group) is 1. The quantitative estimate of drug-likeness (QED) is 0.280. The van der Waals surface area contributed by atoms with Crippen LogP contribution in [0.15, 0.2) is 23.4 Å². The second kappa shape index (κ2) is 6.40. The molecule has 0 amide bonds. The van der Waals surface area contributed by atoms with E-state index in [-0.39, 0.29) is 11.5 Å². The molecule has 1 aliphatic heterocycles. The van der Waals surface area contributed by atoms with Gasteiger partial charge in [0.05, 0.1) is 10.5 Å². The van der Waals surface area contributed by atoms with Crippen molar-refractivity contribution < 1.29 is 10.1 Å². The lowest BCUT2D eigenvalue weighted by Gasteiger charge is -2.36. The van der Waals surface area contributed by atoms with Crippen molar-refractivity contribution in [1.82, 2.24) is 4.90 Å². The van der Waals surface area contributed by atoms with Crippen LogP contribution < -0.4 is 10.6 Å². The van der Waals surface area contributed by atoms with E-state index in [0.29, 0.717) is 5.56 Å². The molecule has 0 spiro atoms. The highest BCUT2D eigenvalue weighted by molar-refractivity contribution is 6.02. The number of piperazine rings is 1. The second-order valence-electron chi connectivity index (χ2n) is 4.87. The Hall–Kier alpha value is -2.35. The number of benzene rings is 1. The fourth-order valence-electron chi connectivity index (χ4n) is 2.48. The predicted octanol–water partition coefficient (Wildman–Crippen LogP) is 0.831. The van der Waals surface area contributed by atoms with Crippen molar-refractivity contribution >= 4 is 17.2 Å². The Bertz CT molecular complexity index is 553. The number of nitro benzene ring substituents is 1. The molecule has 0 aliphatic carbocycles. The van der Waals surface area contributed by atoms with Gasteiger partial charge in [0.25, 0.3) is 5.69 Å². The first-order valence-corrected chi connectivity index (χ1v) is 6.80. The van der Waals surface area contributed by atoms with E-state index in [9.17, 15) is 10.1 Å². The Morgan fingerprint density at radius 3 is 2.62 bits per heavy atom. The maximum atomic E-state index is 10.9. The average Bonchev–Trinajstić information content (AvgIpc) is 2.53. The van der Waals surface area contributed by atoms with Gasteiger partial charge in [0.2, 0.25) is 0 Å². The van der Waals surface area contributed by atoms with Gasteiger partial charge in [-0.2, -0.15) is 0 Å². The maximum Gasteiger partial charge on any atom is 0.270 e. The van der Waals surface area contributed by atoms with Gasteiger partial charge in [-0.05, 0) is 12.6 Å². The van der Waals surface area contributed by atoms with Crippen molar-refractivity contribution in [2.24, 2.45) is 10.9 Å². The summed E-state index contributed by atoms with van der Waals surface area (Å²) in [5.41, 5.74) is 6.73. The molecule has 2 rings (SSSR count). The highest BCUT2D eigenvalue weighted by atomic mass is 16.6. The molecule has 1 heterocycles. The highest BCUT2D eigenvalue weighted by Crippen LogP contribution is 2.26. The van der Waals surface area contributed by atoms with Gasteiger partial charge < -0.3 is 20.7 Å². The summed E-state index contributed by atoms with van der Waals surface area (Å²) in [7, 11) is 0. The van der Waals surface area contributed by atoms with Crippen LogP contribution in [0.2, 0.25) is 0 Å². The Labute approximate surface area is 122 Å². The fourth-order valence-corrected chi connectivity index (χ4v) is 2.48. The minimum Gasteiger partial charge on any atom is -0.409 e. The van der Waals surface area contributed by atoms with Crippen molar-refractivity contribution in [3.8, 4) is 0 Å². The number of nitrogens with two attached hydrogens (primary N) is 1. The Kier molecular flexibility index (Phi) is 4.59. The zero-order valence-corrected chi connectivity index (χ0v) is 11.9. The van der Waals surface area contributed by atoms with E-state index < -0.39 is 4.92 Å². The maximum absolute atomic E-state index is 10.9. The molecule has 114 valence electrons. The molecule has 3 N–H and O–H groups in total. The smallest absolute Gasteiger partial charge is 0.270 e. The number of non-ortho nitro benzene ring substituents is 1. The Morgan fingerprint density at radius 2 is 2.10 bits per heavy atom. The molecule has 1 aliphatic rings. The summed E-state index contributed by atoms with van der Waals surface area (Å²) in [4.78, 5) is 14.8. The molecule has 1 aromatic carbocycles. The summed E-state index contributed by atoms with van der Waals surface area (Å²) in [6.45, 7) is 6.56.